The Hall–Kier alpha value is -3.14. The molecule has 0 unspecified atom stereocenters. The van der Waals surface area contributed by atoms with E-state index in [-0.39, 0.29) is 5.91 Å². The van der Waals surface area contributed by atoms with Gasteiger partial charge in [0.1, 0.15) is 5.82 Å². The molecule has 0 atom stereocenters. The summed E-state index contributed by atoms with van der Waals surface area (Å²) in [6, 6.07) is 11.3. The first-order valence-electron chi connectivity index (χ1n) is 7.76. The molecule has 24 heavy (non-hydrogen) atoms. The highest BCUT2D eigenvalue weighted by molar-refractivity contribution is 5.93. The number of carbonyl (C=O) groups is 2. The van der Waals surface area contributed by atoms with E-state index in [9.17, 15) is 9.59 Å². The van der Waals surface area contributed by atoms with Gasteiger partial charge in [-0.3, -0.25) is 14.7 Å². The average Bonchev–Trinajstić information content (AvgIpc) is 3.10. The van der Waals surface area contributed by atoms with Crippen molar-refractivity contribution in [3.8, 4) is 6.07 Å². The molecule has 3 rings (SSSR count). The number of anilines is 1. The smallest absolute Gasteiger partial charge is 0.274 e. The molecule has 0 aliphatic carbocycles. The number of hydrogen-bond donors (Lipinski definition) is 2. The molecule has 2 N–H and O–H groups in total. The van der Waals surface area contributed by atoms with Crippen LogP contribution < -0.4 is 5.32 Å². The lowest BCUT2D eigenvalue weighted by molar-refractivity contribution is -0.105. The zero-order valence-corrected chi connectivity index (χ0v) is 13.0. The Morgan fingerprint density at radius 2 is 2.04 bits per heavy atom. The summed E-state index contributed by atoms with van der Waals surface area (Å²) >= 11 is 0. The summed E-state index contributed by atoms with van der Waals surface area (Å²) in [6.07, 6.45) is 2.29. The number of rotatable bonds is 4. The Morgan fingerprint density at radius 1 is 1.33 bits per heavy atom. The van der Waals surface area contributed by atoms with E-state index >= 15 is 0 Å². The monoisotopic (exact) mass is 323 g/mol. The highest BCUT2D eigenvalue weighted by atomic mass is 16.2. The lowest BCUT2D eigenvalue weighted by atomic mass is 9.89. The number of aromatic nitrogens is 2. The fraction of sp³-hybridized carbons (Fsp3) is 0.294. The van der Waals surface area contributed by atoms with Crippen molar-refractivity contribution < 1.29 is 9.59 Å². The van der Waals surface area contributed by atoms with Gasteiger partial charge in [-0.25, -0.2) is 0 Å². The predicted molar refractivity (Wildman–Crippen MR) is 87.3 cm³/mol. The second-order valence-electron chi connectivity index (χ2n) is 5.73. The zero-order chi connectivity index (χ0) is 16.9. The van der Waals surface area contributed by atoms with Crippen molar-refractivity contribution in [3.63, 3.8) is 0 Å². The summed E-state index contributed by atoms with van der Waals surface area (Å²) < 4.78 is 0. The molecule has 0 saturated carbocycles. The number of likely N-dealkylation sites (tertiary alicyclic amines) is 1. The summed E-state index contributed by atoms with van der Waals surface area (Å²) in [5.41, 5.74) is 2.17. The van der Waals surface area contributed by atoms with Crippen molar-refractivity contribution in [1.82, 2.24) is 15.1 Å². The van der Waals surface area contributed by atoms with Crippen molar-refractivity contribution in [2.24, 2.45) is 0 Å². The molecule has 7 nitrogen and oxygen atoms in total. The van der Waals surface area contributed by atoms with Crippen LogP contribution in [0.5, 0.6) is 0 Å². The Kier molecular flexibility index (Phi) is 4.57. The molecule has 1 fully saturated rings. The summed E-state index contributed by atoms with van der Waals surface area (Å²) in [6.45, 7) is 1.32. The van der Waals surface area contributed by atoms with Gasteiger partial charge >= 0.3 is 0 Å². The molecule has 1 aliphatic rings. The molecule has 1 aromatic carbocycles. The number of nitriles is 1. The maximum atomic E-state index is 12.4. The molecule has 0 spiro atoms. The Morgan fingerprint density at radius 3 is 2.67 bits per heavy atom. The van der Waals surface area contributed by atoms with Crippen LogP contribution in [0.1, 0.15) is 40.4 Å². The van der Waals surface area contributed by atoms with Gasteiger partial charge in [0.15, 0.2) is 5.69 Å². The first-order chi connectivity index (χ1) is 11.7. The maximum Gasteiger partial charge on any atom is 0.274 e. The minimum Gasteiger partial charge on any atom is -0.337 e. The lowest BCUT2D eigenvalue weighted by Gasteiger charge is -2.31. The van der Waals surface area contributed by atoms with Gasteiger partial charge in [0, 0.05) is 19.2 Å². The predicted octanol–water partition coefficient (Wildman–Crippen LogP) is 1.87. The number of H-pyrrole nitrogens is 1. The molecule has 1 aromatic heterocycles. The number of nitrogens with zero attached hydrogens (tertiary/aromatic N) is 3. The Labute approximate surface area is 139 Å². The first-order valence-corrected chi connectivity index (χ1v) is 7.76. The van der Waals surface area contributed by atoms with E-state index in [1.807, 2.05) is 24.3 Å². The number of piperidine rings is 1. The fourth-order valence-corrected chi connectivity index (χ4v) is 2.98. The molecule has 0 radical (unpaired) electrons. The second-order valence-corrected chi connectivity index (χ2v) is 5.73. The quantitative estimate of drug-likeness (QED) is 0.838. The van der Waals surface area contributed by atoms with Crippen LogP contribution in [0.15, 0.2) is 30.3 Å². The highest BCUT2D eigenvalue weighted by Gasteiger charge is 2.25. The maximum absolute atomic E-state index is 12.4. The van der Waals surface area contributed by atoms with Gasteiger partial charge in [-0.1, -0.05) is 12.1 Å². The van der Waals surface area contributed by atoms with Gasteiger partial charge in [0.25, 0.3) is 5.91 Å². The molecular weight excluding hydrogens is 306 g/mol. The minimum absolute atomic E-state index is 0.136. The van der Waals surface area contributed by atoms with Gasteiger partial charge in [-0.15, -0.1) is 0 Å². The summed E-state index contributed by atoms with van der Waals surface area (Å²) in [4.78, 5) is 24.6. The molecular formula is C17H17N5O2. The third kappa shape index (κ3) is 3.27. The number of amides is 2. The van der Waals surface area contributed by atoms with Crippen LogP contribution in [-0.2, 0) is 4.79 Å². The molecule has 1 saturated heterocycles. The van der Waals surface area contributed by atoms with Gasteiger partial charge < -0.3 is 10.2 Å². The first kappa shape index (κ1) is 15.7. The molecule has 2 heterocycles. The van der Waals surface area contributed by atoms with Gasteiger partial charge in [0.2, 0.25) is 6.41 Å². The minimum atomic E-state index is -0.136. The van der Waals surface area contributed by atoms with Gasteiger partial charge in [-0.2, -0.15) is 10.4 Å². The number of nitrogens with one attached hydrogen (secondary N) is 2. The van der Waals surface area contributed by atoms with E-state index in [1.165, 1.54) is 11.6 Å². The van der Waals surface area contributed by atoms with Crippen LogP contribution in [-0.4, -0.2) is 40.5 Å². The normalized spacial score (nSPS) is 14.9. The average molecular weight is 323 g/mol. The van der Waals surface area contributed by atoms with Crippen LogP contribution in [0, 0.1) is 11.3 Å². The van der Waals surface area contributed by atoms with Gasteiger partial charge in [0.05, 0.1) is 11.6 Å². The summed E-state index contributed by atoms with van der Waals surface area (Å²) in [7, 11) is 0. The highest BCUT2D eigenvalue weighted by Crippen LogP contribution is 2.28. The summed E-state index contributed by atoms with van der Waals surface area (Å²) in [5, 5.41) is 17.8. The SMILES string of the molecule is N#Cc1ccc(C2CCN(C(=O)c3cc(NC=O)[nH]n3)CC2)cc1. The third-order valence-electron chi connectivity index (χ3n) is 4.30. The van der Waals surface area contributed by atoms with Crippen molar-refractivity contribution >= 4 is 18.1 Å². The topological polar surface area (TPSA) is 102 Å². The van der Waals surface area contributed by atoms with Crippen molar-refractivity contribution in [2.75, 3.05) is 18.4 Å². The van der Waals surface area contributed by atoms with E-state index in [2.05, 4.69) is 21.6 Å². The van der Waals surface area contributed by atoms with E-state index in [4.69, 9.17) is 5.26 Å². The van der Waals surface area contributed by atoms with E-state index in [0.29, 0.717) is 42.5 Å². The molecule has 122 valence electrons. The molecule has 2 aromatic rings. The van der Waals surface area contributed by atoms with E-state index in [0.717, 1.165) is 12.8 Å². The van der Waals surface area contributed by atoms with Gasteiger partial charge in [-0.05, 0) is 36.5 Å². The van der Waals surface area contributed by atoms with Crippen molar-refractivity contribution in [1.29, 1.82) is 5.26 Å². The third-order valence-corrected chi connectivity index (χ3v) is 4.30. The molecule has 0 bridgehead atoms. The Bertz CT molecular complexity index is 767. The number of benzene rings is 1. The van der Waals surface area contributed by atoms with Crippen LogP contribution in [0.2, 0.25) is 0 Å². The van der Waals surface area contributed by atoms with E-state index in [1.54, 1.807) is 4.90 Å². The number of aromatic amines is 1. The molecule has 2 amide bonds. The zero-order valence-electron chi connectivity index (χ0n) is 13.0. The van der Waals surface area contributed by atoms with Crippen LogP contribution in [0.4, 0.5) is 5.82 Å². The lowest BCUT2D eigenvalue weighted by Crippen LogP contribution is -2.38. The van der Waals surface area contributed by atoms with Crippen LogP contribution >= 0.6 is 0 Å². The standard InChI is InChI=1S/C17H17N5O2/c18-10-12-1-3-13(4-2-12)14-5-7-22(8-6-14)17(24)15-9-16(19-11-23)21-20-15/h1-4,9,11,14H,5-8H2,(H2,19,20,21,23). The summed E-state index contributed by atoms with van der Waals surface area (Å²) in [5.74, 6) is 0.664. The number of carbonyl (C=O) groups excluding carboxylic acids is 2. The van der Waals surface area contributed by atoms with Crippen LogP contribution in [0.25, 0.3) is 0 Å². The molecule has 7 heteroatoms. The second kappa shape index (κ2) is 6.96. The Balaban J connectivity index is 1.60. The largest absolute Gasteiger partial charge is 0.337 e. The number of hydrogen-bond acceptors (Lipinski definition) is 4. The van der Waals surface area contributed by atoms with E-state index < -0.39 is 0 Å². The fourth-order valence-electron chi connectivity index (χ4n) is 2.98. The van der Waals surface area contributed by atoms with Crippen molar-refractivity contribution in [3.05, 3.63) is 47.2 Å². The molecule has 1 aliphatic heterocycles. The van der Waals surface area contributed by atoms with Crippen LogP contribution in [0.3, 0.4) is 0 Å². The van der Waals surface area contributed by atoms with Crippen molar-refractivity contribution in [2.45, 2.75) is 18.8 Å².